The first-order valence-corrected chi connectivity index (χ1v) is 6.15. The minimum Gasteiger partial charge on any atom is -0.484 e. The molecule has 0 saturated carbocycles. The van der Waals surface area contributed by atoms with Gasteiger partial charge in [-0.15, -0.1) is 0 Å². The van der Waals surface area contributed by atoms with Gasteiger partial charge in [-0.1, -0.05) is 17.7 Å². The van der Waals surface area contributed by atoms with Crippen molar-refractivity contribution >= 4 is 28.9 Å². The van der Waals surface area contributed by atoms with Gasteiger partial charge in [-0.25, -0.2) is 4.39 Å². The number of benzene rings is 2. The minimum absolute atomic E-state index is 0.213. The molecule has 0 aliphatic rings. The van der Waals surface area contributed by atoms with E-state index >= 15 is 0 Å². The topological polar surface area (TPSA) is 64.3 Å². The highest BCUT2D eigenvalue weighted by molar-refractivity contribution is 6.30. The Kier molecular flexibility index (Phi) is 4.42. The quantitative estimate of drug-likeness (QED) is 0.852. The SMILES string of the molecule is Nc1ccc(F)cc1NC(=O)COc1cccc(Cl)c1. The summed E-state index contributed by atoms with van der Waals surface area (Å²) in [7, 11) is 0. The summed E-state index contributed by atoms with van der Waals surface area (Å²) >= 11 is 5.79. The van der Waals surface area contributed by atoms with Crippen molar-refractivity contribution in [3.8, 4) is 5.75 Å². The molecule has 20 heavy (non-hydrogen) atoms. The number of carbonyl (C=O) groups is 1. The third-order valence-corrected chi connectivity index (χ3v) is 2.69. The van der Waals surface area contributed by atoms with Crippen molar-refractivity contribution in [3.05, 3.63) is 53.3 Å². The van der Waals surface area contributed by atoms with Crippen molar-refractivity contribution in [2.75, 3.05) is 17.7 Å². The van der Waals surface area contributed by atoms with Gasteiger partial charge in [0, 0.05) is 5.02 Å². The van der Waals surface area contributed by atoms with Gasteiger partial charge in [-0.3, -0.25) is 4.79 Å². The molecule has 2 aromatic carbocycles. The zero-order valence-electron chi connectivity index (χ0n) is 10.4. The van der Waals surface area contributed by atoms with Gasteiger partial charge in [0.25, 0.3) is 5.91 Å². The van der Waals surface area contributed by atoms with E-state index in [1.165, 1.54) is 12.1 Å². The summed E-state index contributed by atoms with van der Waals surface area (Å²) in [4.78, 5) is 11.7. The first-order chi connectivity index (χ1) is 9.54. The molecule has 6 heteroatoms. The van der Waals surface area contributed by atoms with E-state index in [1.54, 1.807) is 24.3 Å². The number of nitrogens with two attached hydrogens (primary N) is 1. The van der Waals surface area contributed by atoms with Gasteiger partial charge in [0.15, 0.2) is 6.61 Å². The van der Waals surface area contributed by atoms with Gasteiger partial charge in [-0.05, 0) is 36.4 Å². The van der Waals surface area contributed by atoms with Crippen LogP contribution in [0.5, 0.6) is 5.75 Å². The fourth-order valence-electron chi connectivity index (χ4n) is 1.53. The van der Waals surface area contributed by atoms with Crippen LogP contribution >= 0.6 is 11.6 Å². The summed E-state index contributed by atoms with van der Waals surface area (Å²) in [6.07, 6.45) is 0. The summed E-state index contributed by atoms with van der Waals surface area (Å²) < 4.78 is 18.3. The second kappa shape index (κ2) is 6.25. The monoisotopic (exact) mass is 294 g/mol. The Morgan fingerprint density at radius 1 is 1.30 bits per heavy atom. The minimum atomic E-state index is -0.481. The third kappa shape index (κ3) is 3.86. The van der Waals surface area contributed by atoms with Gasteiger partial charge in [0.1, 0.15) is 11.6 Å². The molecule has 0 fully saturated rings. The highest BCUT2D eigenvalue weighted by Crippen LogP contribution is 2.20. The van der Waals surface area contributed by atoms with Gasteiger partial charge >= 0.3 is 0 Å². The molecule has 104 valence electrons. The van der Waals surface area contributed by atoms with Gasteiger partial charge in [-0.2, -0.15) is 0 Å². The number of nitrogens with one attached hydrogen (secondary N) is 1. The molecule has 0 unspecified atom stereocenters. The molecule has 0 saturated heterocycles. The molecule has 0 aromatic heterocycles. The second-order valence-corrected chi connectivity index (χ2v) is 4.46. The van der Waals surface area contributed by atoms with Crippen molar-refractivity contribution in [1.82, 2.24) is 0 Å². The predicted molar refractivity (Wildman–Crippen MR) is 76.4 cm³/mol. The number of rotatable bonds is 4. The number of carbonyl (C=O) groups excluding carboxylic acids is 1. The Bertz CT molecular complexity index is 634. The van der Waals surface area contributed by atoms with E-state index in [0.717, 1.165) is 6.07 Å². The lowest BCUT2D eigenvalue weighted by Crippen LogP contribution is -2.20. The average Bonchev–Trinajstić information content (AvgIpc) is 2.41. The van der Waals surface area contributed by atoms with Crippen molar-refractivity contribution in [2.24, 2.45) is 0 Å². The number of amides is 1. The second-order valence-electron chi connectivity index (χ2n) is 4.03. The van der Waals surface area contributed by atoms with Crippen LogP contribution in [0.2, 0.25) is 5.02 Å². The number of halogens is 2. The Morgan fingerprint density at radius 3 is 2.85 bits per heavy atom. The average molecular weight is 295 g/mol. The molecule has 0 radical (unpaired) electrons. The van der Waals surface area contributed by atoms with E-state index in [0.29, 0.717) is 10.8 Å². The van der Waals surface area contributed by atoms with Gasteiger partial charge < -0.3 is 15.8 Å². The zero-order valence-corrected chi connectivity index (χ0v) is 11.2. The summed E-state index contributed by atoms with van der Waals surface area (Å²) in [5, 5.41) is 2.99. The van der Waals surface area contributed by atoms with Crippen LogP contribution in [0.4, 0.5) is 15.8 Å². The van der Waals surface area contributed by atoms with Crippen LogP contribution in [0.25, 0.3) is 0 Å². The van der Waals surface area contributed by atoms with E-state index in [9.17, 15) is 9.18 Å². The lowest BCUT2D eigenvalue weighted by Gasteiger charge is -2.09. The molecule has 0 aliphatic carbocycles. The third-order valence-electron chi connectivity index (χ3n) is 2.46. The Hall–Kier alpha value is -2.27. The fourth-order valence-corrected chi connectivity index (χ4v) is 1.71. The van der Waals surface area contributed by atoms with Crippen molar-refractivity contribution in [3.63, 3.8) is 0 Å². The number of nitrogen functional groups attached to an aromatic ring is 1. The first kappa shape index (κ1) is 14.1. The molecular weight excluding hydrogens is 283 g/mol. The maximum atomic E-state index is 13.0. The summed E-state index contributed by atoms with van der Waals surface area (Å²) in [5.41, 5.74) is 6.12. The van der Waals surface area contributed by atoms with E-state index in [2.05, 4.69) is 5.32 Å². The molecular formula is C14H12ClFN2O2. The van der Waals surface area contributed by atoms with Crippen LogP contribution in [0, 0.1) is 5.82 Å². The van der Waals surface area contributed by atoms with Crippen LogP contribution in [0.15, 0.2) is 42.5 Å². The van der Waals surface area contributed by atoms with Crippen molar-refractivity contribution in [1.29, 1.82) is 0 Å². The van der Waals surface area contributed by atoms with Crippen LogP contribution in [0.1, 0.15) is 0 Å². The summed E-state index contributed by atoms with van der Waals surface area (Å²) in [6.45, 7) is -0.226. The smallest absolute Gasteiger partial charge is 0.262 e. The van der Waals surface area contributed by atoms with E-state index in [4.69, 9.17) is 22.1 Å². The van der Waals surface area contributed by atoms with Crippen LogP contribution in [0.3, 0.4) is 0 Å². The lowest BCUT2D eigenvalue weighted by atomic mass is 10.2. The Balaban J connectivity index is 1.94. The van der Waals surface area contributed by atoms with Crippen LogP contribution < -0.4 is 15.8 Å². The number of hydrogen-bond acceptors (Lipinski definition) is 3. The lowest BCUT2D eigenvalue weighted by molar-refractivity contribution is -0.118. The molecule has 3 N–H and O–H groups in total. The molecule has 0 spiro atoms. The first-order valence-electron chi connectivity index (χ1n) is 5.78. The standard InChI is InChI=1S/C14H12ClFN2O2/c15-9-2-1-3-11(6-9)20-8-14(19)18-13-7-10(16)4-5-12(13)17/h1-7H,8,17H2,(H,18,19). The molecule has 0 atom stereocenters. The van der Waals surface area contributed by atoms with E-state index < -0.39 is 11.7 Å². The number of hydrogen-bond donors (Lipinski definition) is 2. The molecule has 0 heterocycles. The van der Waals surface area contributed by atoms with Crippen LogP contribution in [-0.4, -0.2) is 12.5 Å². The zero-order chi connectivity index (χ0) is 14.5. The summed E-state index contributed by atoms with van der Waals surface area (Å²) in [5.74, 6) is -0.451. The normalized spacial score (nSPS) is 10.1. The molecule has 4 nitrogen and oxygen atoms in total. The molecule has 1 amide bonds. The number of anilines is 2. The van der Waals surface area contributed by atoms with E-state index in [-0.39, 0.29) is 18.0 Å². The largest absolute Gasteiger partial charge is 0.484 e. The van der Waals surface area contributed by atoms with Gasteiger partial charge in [0.05, 0.1) is 11.4 Å². The molecule has 2 rings (SSSR count). The number of ether oxygens (including phenoxy) is 1. The molecule has 0 bridgehead atoms. The maximum Gasteiger partial charge on any atom is 0.262 e. The highest BCUT2D eigenvalue weighted by atomic mass is 35.5. The molecule has 0 aliphatic heterocycles. The van der Waals surface area contributed by atoms with Gasteiger partial charge in [0.2, 0.25) is 0 Å². The van der Waals surface area contributed by atoms with Crippen molar-refractivity contribution < 1.29 is 13.9 Å². The predicted octanol–water partition coefficient (Wildman–Crippen LogP) is 3.08. The maximum absolute atomic E-state index is 13.0. The Morgan fingerprint density at radius 2 is 2.10 bits per heavy atom. The highest BCUT2D eigenvalue weighted by Gasteiger charge is 2.07. The summed E-state index contributed by atoms with van der Waals surface area (Å²) in [6, 6.07) is 10.4. The van der Waals surface area contributed by atoms with Crippen molar-refractivity contribution in [2.45, 2.75) is 0 Å². The van der Waals surface area contributed by atoms with E-state index in [1.807, 2.05) is 0 Å². The fraction of sp³-hybridized carbons (Fsp3) is 0.0714. The van der Waals surface area contributed by atoms with Crippen LogP contribution in [-0.2, 0) is 4.79 Å². The Labute approximate surface area is 120 Å². The molecule has 2 aromatic rings.